The summed E-state index contributed by atoms with van der Waals surface area (Å²) >= 11 is 0. The molecule has 0 saturated heterocycles. The molecule has 0 aromatic heterocycles. The summed E-state index contributed by atoms with van der Waals surface area (Å²) < 4.78 is 52.3. The minimum atomic E-state index is -4.40. The van der Waals surface area contributed by atoms with Crippen LogP contribution in [0.3, 0.4) is 0 Å². The third kappa shape index (κ3) is 3.99. The first kappa shape index (κ1) is 16.0. The lowest BCUT2D eigenvalue weighted by Gasteiger charge is -2.08. The van der Waals surface area contributed by atoms with Gasteiger partial charge in [0.25, 0.3) is 0 Å². The normalized spacial score (nSPS) is 10.8. The Morgan fingerprint density at radius 1 is 1.35 bits per heavy atom. The van der Waals surface area contributed by atoms with E-state index in [-0.39, 0.29) is 6.54 Å². The topological polar surface area (TPSA) is 115 Å². The van der Waals surface area contributed by atoms with Crippen LogP contribution < -0.4 is 16.2 Å². The van der Waals surface area contributed by atoms with Crippen LogP contribution in [-0.2, 0) is 14.8 Å². The number of sulfonamides is 1. The number of carbonyl (C=O) groups excluding carboxylic acids is 1. The summed E-state index contributed by atoms with van der Waals surface area (Å²) in [4.78, 5) is 9.71. The molecule has 1 amide bonds. The quantitative estimate of drug-likeness (QED) is 0.621. The number of rotatable bonds is 4. The van der Waals surface area contributed by atoms with Gasteiger partial charge in [-0.3, -0.25) is 4.79 Å². The molecule has 0 heterocycles. The van der Waals surface area contributed by atoms with Gasteiger partial charge in [-0.15, -0.1) is 0 Å². The van der Waals surface area contributed by atoms with Crippen LogP contribution in [0.15, 0.2) is 17.0 Å². The number of hydrogen-bond donors (Lipinski definition) is 3. The van der Waals surface area contributed by atoms with Gasteiger partial charge in [-0.2, -0.15) is 0 Å². The van der Waals surface area contributed by atoms with Crippen molar-refractivity contribution in [1.82, 2.24) is 4.72 Å². The highest BCUT2D eigenvalue weighted by atomic mass is 32.2. The van der Waals surface area contributed by atoms with Crippen LogP contribution in [0.1, 0.15) is 5.56 Å². The molecule has 108 valence electrons. The molecule has 0 radical (unpaired) electrons. The Hall–Kier alpha value is -2.02. The number of halogens is 2. The molecular weight excluding hydrogens is 292 g/mol. The second-order valence-electron chi connectivity index (χ2n) is 3.56. The van der Waals surface area contributed by atoms with E-state index in [4.69, 9.17) is 11.5 Å². The summed E-state index contributed by atoms with van der Waals surface area (Å²) in [7, 11) is -4.40. The molecule has 0 aliphatic heterocycles. The predicted molar refractivity (Wildman–Crippen MR) is 66.7 cm³/mol. The molecular formula is C11H11F2N3O3S. The fourth-order valence-corrected chi connectivity index (χ4v) is 2.50. The molecule has 5 N–H and O–H groups in total. The van der Waals surface area contributed by atoms with Gasteiger partial charge in [-0.1, -0.05) is 11.8 Å². The van der Waals surface area contributed by atoms with Crippen molar-refractivity contribution < 1.29 is 22.0 Å². The third-order valence-corrected chi connectivity index (χ3v) is 3.52. The van der Waals surface area contributed by atoms with Crippen molar-refractivity contribution in [2.45, 2.75) is 4.90 Å². The Labute approximate surface area is 114 Å². The van der Waals surface area contributed by atoms with E-state index in [0.717, 1.165) is 6.07 Å². The summed E-state index contributed by atoms with van der Waals surface area (Å²) in [6, 6.07) is 1.15. The molecule has 0 bridgehead atoms. The van der Waals surface area contributed by atoms with Crippen LogP contribution in [0.2, 0.25) is 0 Å². The van der Waals surface area contributed by atoms with Gasteiger partial charge >= 0.3 is 0 Å². The number of benzene rings is 1. The molecule has 0 fully saturated rings. The van der Waals surface area contributed by atoms with Gasteiger partial charge in [0, 0.05) is 6.07 Å². The van der Waals surface area contributed by atoms with Crippen LogP contribution in [0.25, 0.3) is 0 Å². The van der Waals surface area contributed by atoms with E-state index in [9.17, 15) is 22.0 Å². The molecule has 1 aromatic rings. The minimum absolute atomic E-state index is 0.119. The lowest BCUT2D eigenvalue weighted by Crippen LogP contribution is -2.34. The molecule has 0 spiro atoms. The first-order valence-electron chi connectivity index (χ1n) is 5.24. The lowest BCUT2D eigenvalue weighted by atomic mass is 10.2. The molecule has 20 heavy (non-hydrogen) atoms. The Morgan fingerprint density at radius 3 is 2.55 bits per heavy atom. The molecule has 1 rings (SSSR count). The van der Waals surface area contributed by atoms with Gasteiger partial charge in [0.1, 0.15) is 16.5 Å². The van der Waals surface area contributed by atoms with Crippen LogP contribution >= 0.6 is 0 Å². The van der Waals surface area contributed by atoms with Crippen molar-refractivity contribution in [1.29, 1.82) is 0 Å². The van der Waals surface area contributed by atoms with Gasteiger partial charge in [0.2, 0.25) is 15.9 Å². The second kappa shape index (κ2) is 6.42. The molecule has 9 heteroatoms. The number of hydrogen-bond acceptors (Lipinski definition) is 4. The summed E-state index contributed by atoms with van der Waals surface area (Å²) in [6.45, 7) is -0.838. The van der Waals surface area contributed by atoms with Crippen LogP contribution in [0, 0.1) is 23.5 Å². The first-order chi connectivity index (χ1) is 9.27. The van der Waals surface area contributed by atoms with Crippen molar-refractivity contribution in [3.05, 3.63) is 29.3 Å². The number of amides is 1. The van der Waals surface area contributed by atoms with E-state index < -0.39 is 44.6 Å². The predicted octanol–water partition coefficient (Wildman–Crippen LogP) is -0.961. The Kier molecular flexibility index (Phi) is 5.15. The largest absolute Gasteiger partial charge is 0.369 e. The van der Waals surface area contributed by atoms with E-state index in [1.807, 2.05) is 0 Å². The van der Waals surface area contributed by atoms with E-state index in [1.165, 1.54) is 0 Å². The maximum absolute atomic E-state index is 13.7. The standard InChI is InChI=1S/C11H11F2N3O3S/c12-8-4-7(2-1-3-14)11(9(13)5-8)20(18,19)16-6-10(15)17/h4-5,16H,3,6,14H2,(H2,15,17). The number of carbonyl (C=O) groups is 1. The zero-order valence-electron chi connectivity index (χ0n) is 10.1. The van der Waals surface area contributed by atoms with Crippen molar-refractivity contribution in [2.75, 3.05) is 13.1 Å². The average Bonchev–Trinajstić information content (AvgIpc) is 2.32. The third-order valence-electron chi connectivity index (χ3n) is 2.04. The SMILES string of the molecule is NCC#Cc1cc(F)cc(F)c1S(=O)(=O)NCC(N)=O. The zero-order chi connectivity index (χ0) is 15.3. The maximum atomic E-state index is 13.7. The van der Waals surface area contributed by atoms with Crippen molar-refractivity contribution in [3.8, 4) is 11.8 Å². The van der Waals surface area contributed by atoms with Crippen molar-refractivity contribution >= 4 is 15.9 Å². The molecule has 0 aliphatic rings. The van der Waals surface area contributed by atoms with E-state index in [0.29, 0.717) is 6.07 Å². The van der Waals surface area contributed by atoms with Gasteiger partial charge in [0.05, 0.1) is 18.7 Å². The maximum Gasteiger partial charge on any atom is 0.245 e. The average molecular weight is 303 g/mol. The fraction of sp³-hybridized carbons (Fsp3) is 0.182. The highest BCUT2D eigenvalue weighted by molar-refractivity contribution is 7.89. The Bertz CT molecular complexity index is 693. The zero-order valence-corrected chi connectivity index (χ0v) is 10.9. The van der Waals surface area contributed by atoms with Crippen molar-refractivity contribution in [3.63, 3.8) is 0 Å². The monoisotopic (exact) mass is 303 g/mol. The summed E-state index contributed by atoms with van der Waals surface area (Å²) in [6.07, 6.45) is 0. The molecule has 6 nitrogen and oxygen atoms in total. The van der Waals surface area contributed by atoms with Crippen molar-refractivity contribution in [2.24, 2.45) is 11.5 Å². The van der Waals surface area contributed by atoms with E-state index in [2.05, 4.69) is 11.8 Å². The molecule has 0 unspecified atom stereocenters. The second-order valence-corrected chi connectivity index (χ2v) is 5.26. The number of nitrogens with one attached hydrogen (secondary N) is 1. The first-order valence-corrected chi connectivity index (χ1v) is 6.72. The van der Waals surface area contributed by atoms with Crippen LogP contribution in [-0.4, -0.2) is 27.4 Å². The van der Waals surface area contributed by atoms with Gasteiger partial charge < -0.3 is 11.5 Å². The Balaban J connectivity index is 3.38. The fourth-order valence-electron chi connectivity index (χ4n) is 1.31. The number of primary amides is 1. The van der Waals surface area contributed by atoms with Gasteiger partial charge in [0.15, 0.2) is 0 Å². The molecule has 0 saturated carbocycles. The lowest BCUT2D eigenvalue weighted by molar-refractivity contribution is -0.116. The summed E-state index contributed by atoms with van der Waals surface area (Å²) in [5, 5.41) is 0. The van der Waals surface area contributed by atoms with Crippen LogP contribution in [0.5, 0.6) is 0 Å². The molecule has 0 atom stereocenters. The summed E-state index contributed by atoms with van der Waals surface area (Å²) in [5.41, 5.74) is 9.52. The van der Waals surface area contributed by atoms with Gasteiger partial charge in [-0.25, -0.2) is 21.9 Å². The van der Waals surface area contributed by atoms with E-state index in [1.54, 1.807) is 4.72 Å². The molecule has 1 aromatic carbocycles. The molecule has 0 aliphatic carbocycles. The number of nitrogens with two attached hydrogens (primary N) is 2. The van der Waals surface area contributed by atoms with Crippen LogP contribution in [0.4, 0.5) is 8.78 Å². The highest BCUT2D eigenvalue weighted by Gasteiger charge is 2.24. The smallest absolute Gasteiger partial charge is 0.245 e. The van der Waals surface area contributed by atoms with E-state index >= 15 is 0 Å². The highest BCUT2D eigenvalue weighted by Crippen LogP contribution is 2.20. The Morgan fingerprint density at radius 2 is 2.00 bits per heavy atom. The van der Waals surface area contributed by atoms with Gasteiger partial charge in [-0.05, 0) is 6.07 Å². The minimum Gasteiger partial charge on any atom is -0.369 e. The summed E-state index contributed by atoms with van der Waals surface area (Å²) in [5.74, 6) is 1.28.